The van der Waals surface area contributed by atoms with Crippen LogP contribution >= 0.6 is 0 Å². The summed E-state index contributed by atoms with van der Waals surface area (Å²) in [7, 11) is 0. The first kappa shape index (κ1) is 15.6. The summed E-state index contributed by atoms with van der Waals surface area (Å²) in [5.41, 5.74) is 0. The molecule has 7 heavy (non-hydrogen) atoms. The molecule has 42 valence electrons. The molecule has 2 heteroatoms. The number of nitrogens with zero attached hydrogens (tertiary/aromatic N) is 1. The van der Waals surface area contributed by atoms with E-state index in [0.717, 1.165) is 13.1 Å². The second kappa shape index (κ2) is 15.9. The zero-order valence-corrected chi connectivity index (χ0v) is 6.92. The van der Waals surface area contributed by atoms with Gasteiger partial charge in [-0.1, -0.05) is 13.8 Å². The summed E-state index contributed by atoms with van der Waals surface area (Å²) >= 11 is 0. The minimum Gasteiger partial charge on any atom is -0.663 e. The van der Waals surface area contributed by atoms with Gasteiger partial charge >= 0.3 is 21.7 Å². The Hall–Kier alpha value is 0.674. The van der Waals surface area contributed by atoms with Crippen molar-refractivity contribution in [2.24, 2.45) is 0 Å². The van der Waals surface area contributed by atoms with Gasteiger partial charge in [-0.15, -0.1) is 0 Å². The van der Waals surface area contributed by atoms with E-state index in [2.05, 4.69) is 5.32 Å². The van der Waals surface area contributed by atoms with Gasteiger partial charge in [0.05, 0.1) is 0 Å². The van der Waals surface area contributed by atoms with Crippen LogP contribution in [0.5, 0.6) is 0 Å². The van der Waals surface area contributed by atoms with Crippen LogP contribution in [0.3, 0.4) is 0 Å². The van der Waals surface area contributed by atoms with E-state index in [1.807, 2.05) is 13.8 Å². The van der Waals surface area contributed by atoms with Crippen molar-refractivity contribution in [2.45, 2.75) is 13.8 Å². The zero-order valence-electron chi connectivity index (χ0n) is 5.36. The number of hydrogen-bond acceptors (Lipinski definition) is 0. The molecule has 0 aliphatic rings. The smallest absolute Gasteiger partial charge is 0.663 e. The molecule has 0 aromatic rings. The van der Waals surface area contributed by atoms with Gasteiger partial charge in [0.25, 0.3) is 0 Å². The summed E-state index contributed by atoms with van der Waals surface area (Å²) in [6.45, 7) is 6.03. The van der Waals surface area contributed by atoms with Crippen LogP contribution in [0, 0.1) is 7.43 Å². The van der Waals surface area contributed by atoms with Crippen molar-refractivity contribution in [2.75, 3.05) is 13.1 Å². The molecule has 0 aliphatic heterocycles. The number of rotatable bonds is 2. The molecule has 0 aromatic carbocycles. The third-order valence-electron chi connectivity index (χ3n) is 0.447. The summed E-state index contributed by atoms with van der Waals surface area (Å²) in [5.74, 6) is 0. The third kappa shape index (κ3) is 20.4. The molecule has 0 bridgehead atoms. The molecular formula is C5H13NTi. The van der Waals surface area contributed by atoms with E-state index < -0.39 is 0 Å². The molecule has 0 aromatic heterocycles. The molecule has 0 saturated heterocycles. The van der Waals surface area contributed by atoms with Crippen LogP contribution in [0.1, 0.15) is 13.8 Å². The summed E-state index contributed by atoms with van der Waals surface area (Å²) < 4.78 is 0. The summed E-state index contributed by atoms with van der Waals surface area (Å²) in [5, 5.41) is 3.97. The predicted octanol–water partition coefficient (Wildman–Crippen LogP) is 1.85. The Labute approximate surface area is 61.8 Å². The van der Waals surface area contributed by atoms with Gasteiger partial charge in [-0.3, -0.25) is 0 Å². The van der Waals surface area contributed by atoms with Crippen molar-refractivity contribution in [3.63, 3.8) is 0 Å². The molecule has 0 amide bonds. The predicted molar refractivity (Wildman–Crippen MR) is 30.9 cm³/mol. The first-order valence-electron chi connectivity index (χ1n) is 2.05. The Morgan fingerprint density at radius 2 is 1.43 bits per heavy atom. The summed E-state index contributed by atoms with van der Waals surface area (Å²) in [4.78, 5) is 0. The Balaban J connectivity index is -0.0000000800. The van der Waals surface area contributed by atoms with E-state index in [9.17, 15) is 0 Å². The van der Waals surface area contributed by atoms with Crippen LogP contribution < -0.4 is 0 Å². The average Bonchev–Trinajstić information content (AvgIpc) is 1.41. The number of hydrogen-bond donors (Lipinski definition) is 0. The van der Waals surface area contributed by atoms with E-state index in [-0.39, 0.29) is 29.1 Å². The summed E-state index contributed by atoms with van der Waals surface area (Å²) in [6, 6.07) is 0. The van der Waals surface area contributed by atoms with E-state index in [4.69, 9.17) is 0 Å². The zero-order chi connectivity index (χ0) is 4.12. The Morgan fingerprint density at radius 3 is 1.43 bits per heavy atom. The molecule has 0 saturated carbocycles. The van der Waals surface area contributed by atoms with Gasteiger partial charge in [-0.25, -0.2) is 0 Å². The Kier molecular flexibility index (Phi) is 35.6. The molecule has 0 aliphatic carbocycles. The minimum absolute atomic E-state index is 0. The van der Waals surface area contributed by atoms with Crippen molar-refractivity contribution in [3.05, 3.63) is 12.7 Å². The maximum absolute atomic E-state index is 3.97. The van der Waals surface area contributed by atoms with Gasteiger partial charge in [0.15, 0.2) is 0 Å². The van der Waals surface area contributed by atoms with Crippen molar-refractivity contribution in [1.82, 2.24) is 0 Å². The fraction of sp³-hybridized carbons (Fsp3) is 0.800. The monoisotopic (exact) mass is 135 g/mol. The molecule has 1 nitrogen and oxygen atoms in total. The maximum atomic E-state index is 3.97. The van der Waals surface area contributed by atoms with E-state index in [1.165, 1.54) is 0 Å². The molecule has 0 unspecified atom stereocenters. The molecule has 0 heterocycles. The van der Waals surface area contributed by atoms with Crippen LogP contribution in [-0.2, 0) is 21.7 Å². The van der Waals surface area contributed by atoms with E-state index in [1.54, 1.807) is 0 Å². The van der Waals surface area contributed by atoms with Crippen LogP contribution in [-0.4, -0.2) is 13.1 Å². The van der Waals surface area contributed by atoms with Crippen molar-refractivity contribution in [1.29, 1.82) is 0 Å². The molecule has 0 N–H and O–H groups in total. The van der Waals surface area contributed by atoms with Crippen molar-refractivity contribution >= 4 is 0 Å². The average molecular weight is 135 g/mol. The maximum Gasteiger partial charge on any atom is 2.00 e. The standard InChI is InChI=1S/C4H10N.CH3.Ti/c1-3-5-4-2;;/h3-4H2,1-2H3;1H3;/q2*-1;+2. The van der Waals surface area contributed by atoms with E-state index >= 15 is 0 Å². The van der Waals surface area contributed by atoms with Crippen molar-refractivity contribution < 1.29 is 21.7 Å². The van der Waals surface area contributed by atoms with Gasteiger partial charge < -0.3 is 12.7 Å². The first-order valence-corrected chi connectivity index (χ1v) is 2.05. The van der Waals surface area contributed by atoms with Crippen LogP contribution in [0.2, 0.25) is 0 Å². The quantitative estimate of drug-likeness (QED) is 0.405. The van der Waals surface area contributed by atoms with Crippen LogP contribution in [0.25, 0.3) is 5.32 Å². The molecule has 0 fully saturated rings. The Bertz CT molecular complexity index is 15.6. The Morgan fingerprint density at radius 1 is 1.14 bits per heavy atom. The molecule has 0 rings (SSSR count). The van der Waals surface area contributed by atoms with E-state index in [0.29, 0.717) is 0 Å². The van der Waals surface area contributed by atoms with Gasteiger partial charge in [-0.2, -0.15) is 13.1 Å². The fourth-order valence-electron chi connectivity index (χ4n) is 0.224. The van der Waals surface area contributed by atoms with Crippen LogP contribution in [0.15, 0.2) is 0 Å². The van der Waals surface area contributed by atoms with Gasteiger partial charge in [0.1, 0.15) is 0 Å². The normalized spacial score (nSPS) is 6.00. The summed E-state index contributed by atoms with van der Waals surface area (Å²) in [6.07, 6.45) is 0. The van der Waals surface area contributed by atoms with Crippen molar-refractivity contribution in [3.8, 4) is 0 Å². The molecular weight excluding hydrogens is 122 g/mol. The second-order valence-corrected chi connectivity index (χ2v) is 0.856. The minimum atomic E-state index is 0. The topological polar surface area (TPSA) is 14.1 Å². The SMILES string of the molecule is CC[N-]CC.[CH3-].[Ti+2]. The van der Waals surface area contributed by atoms with Gasteiger partial charge in [0.2, 0.25) is 0 Å². The van der Waals surface area contributed by atoms with Crippen LogP contribution in [0.4, 0.5) is 0 Å². The molecule has 0 radical (unpaired) electrons. The fourth-order valence-corrected chi connectivity index (χ4v) is 0.224. The third-order valence-corrected chi connectivity index (χ3v) is 0.447. The molecule has 0 spiro atoms. The van der Waals surface area contributed by atoms with Gasteiger partial charge in [0, 0.05) is 0 Å². The second-order valence-electron chi connectivity index (χ2n) is 0.856. The largest absolute Gasteiger partial charge is 2.00 e. The van der Waals surface area contributed by atoms with Gasteiger partial charge in [-0.05, 0) is 0 Å². The molecule has 0 atom stereocenters. The first-order chi connectivity index (χ1) is 2.41.